The van der Waals surface area contributed by atoms with Gasteiger partial charge < -0.3 is 4.90 Å². The molecule has 22 heavy (non-hydrogen) atoms. The summed E-state index contributed by atoms with van der Waals surface area (Å²) in [6.45, 7) is 2.67. The standard InChI is InChI=1S/C15H17N3O3S/c1-11-15(19)17-7-3-5-13(17)10-18(11)22(20,21)14-6-2-4-12(8-14)9-16/h2,4,6,8,11,13H,3,5,7,10H2,1H3/t11-,13-/m1/s1. The third-order valence-corrected chi connectivity index (χ3v) is 6.34. The zero-order valence-electron chi connectivity index (χ0n) is 12.3. The van der Waals surface area contributed by atoms with Crippen molar-refractivity contribution in [2.75, 3.05) is 13.1 Å². The molecule has 2 atom stereocenters. The second kappa shape index (κ2) is 5.38. The summed E-state index contributed by atoms with van der Waals surface area (Å²) in [7, 11) is -3.78. The maximum atomic E-state index is 12.8. The molecule has 3 rings (SSSR count). The number of amides is 1. The number of sulfonamides is 1. The van der Waals surface area contributed by atoms with Crippen LogP contribution in [-0.2, 0) is 14.8 Å². The van der Waals surface area contributed by atoms with Crippen LogP contribution in [0.1, 0.15) is 25.3 Å². The first-order chi connectivity index (χ1) is 10.4. The molecule has 0 aromatic heterocycles. The molecule has 1 aromatic carbocycles. The van der Waals surface area contributed by atoms with Crippen LogP contribution in [-0.4, -0.2) is 48.7 Å². The summed E-state index contributed by atoms with van der Waals surface area (Å²) in [5, 5.41) is 8.94. The summed E-state index contributed by atoms with van der Waals surface area (Å²) in [6, 6.07) is 7.13. The zero-order chi connectivity index (χ0) is 15.9. The molecule has 2 heterocycles. The van der Waals surface area contributed by atoms with E-state index in [0.717, 1.165) is 12.8 Å². The fraction of sp³-hybridized carbons (Fsp3) is 0.467. The Morgan fingerprint density at radius 3 is 2.86 bits per heavy atom. The van der Waals surface area contributed by atoms with Gasteiger partial charge in [-0.1, -0.05) is 6.07 Å². The highest BCUT2D eigenvalue weighted by atomic mass is 32.2. The van der Waals surface area contributed by atoms with Gasteiger partial charge in [0.2, 0.25) is 15.9 Å². The molecule has 2 fully saturated rings. The molecular formula is C15H17N3O3S. The lowest BCUT2D eigenvalue weighted by Gasteiger charge is -2.40. The Bertz CT molecular complexity index is 754. The third-order valence-electron chi connectivity index (χ3n) is 4.41. The normalized spacial score (nSPS) is 25.8. The van der Waals surface area contributed by atoms with Gasteiger partial charge in [0.05, 0.1) is 16.5 Å². The van der Waals surface area contributed by atoms with Crippen LogP contribution in [0.2, 0.25) is 0 Å². The van der Waals surface area contributed by atoms with Gasteiger partial charge in [0, 0.05) is 19.1 Å². The Labute approximate surface area is 130 Å². The molecule has 0 spiro atoms. The van der Waals surface area contributed by atoms with E-state index in [4.69, 9.17) is 5.26 Å². The van der Waals surface area contributed by atoms with E-state index in [1.54, 1.807) is 24.0 Å². The number of benzene rings is 1. The van der Waals surface area contributed by atoms with Gasteiger partial charge in [0.1, 0.15) is 6.04 Å². The van der Waals surface area contributed by atoms with Crippen molar-refractivity contribution in [1.29, 1.82) is 5.26 Å². The van der Waals surface area contributed by atoms with Crippen molar-refractivity contribution in [2.24, 2.45) is 0 Å². The molecule has 1 aromatic rings. The van der Waals surface area contributed by atoms with Crippen LogP contribution in [0.3, 0.4) is 0 Å². The minimum Gasteiger partial charge on any atom is -0.337 e. The van der Waals surface area contributed by atoms with Crippen molar-refractivity contribution < 1.29 is 13.2 Å². The van der Waals surface area contributed by atoms with E-state index < -0.39 is 16.1 Å². The number of piperazine rings is 1. The van der Waals surface area contributed by atoms with Crippen molar-refractivity contribution in [3.63, 3.8) is 0 Å². The van der Waals surface area contributed by atoms with Crippen LogP contribution in [0, 0.1) is 11.3 Å². The predicted octanol–water partition coefficient (Wildman–Crippen LogP) is 0.942. The minimum atomic E-state index is -3.78. The van der Waals surface area contributed by atoms with Gasteiger partial charge in [-0.3, -0.25) is 4.79 Å². The molecule has 6 nitrogen and oxygen atoms in total. The number of hydrogen-bond donors (Lipinski definition) is 0. The van der Waals surface area contributed by atoms with Crippen LogP contribution in [0.25, 0.3) is 0 Å². The molecule has 0 unspecified atom stereocenters. The Morgan fingerprint density at radius 1 is 1.36 bits per heavy atom. The van der Waals surface area contributed by atoms with Crippen molar-refractivity contribution in [3.8, 4) is 6.07 Å². The van der Waals surface area contributed by atoms with Gasteiger partial charge in [-0.15, -0.1) is 0 Å². The quantitative estimate of drug-likeness (QED) is 0.812. The maximum absolute atomic E-state index is 12.8. The van der Waals surface area contributed by atoms with Crippen LogP contribution in [0.5, 0.6) is 0 Å². The van der Waals surface area contributed by atoms with Gasteiger partial charge in [-0.25, -0.2) is 8.42 Å². The first kappa shape index (κ1) is 15.0. The average Bonchev–Trinajstić information content (AvgIpc) is 2.99. The van der Waals surface area contributed by atoms with Crippen molar-refractivity contribution >= 4 is 15.9 Å². The maximum Gasteiger partial charge on any atom is 0.243 e. The van der Waals surface area contributed by atoms with Crippen molar-refractivity contribution in [2.45, 2.75) is 36.7 Å². The molecule has 0 radical (unpaired) electrons. The molecule has 1 amide bonds. The molecule has 2 aliphatic rings. The molecule has 0 N–H and O–H groups in total. The largest absolute Gasteiger partial charge is 0.337 e. The lowest BCUT2D eigenvalue weighted by atomic mass is 10.1. The van der Waals surface area contributed by atoms with Gasteiger partial charge in [-0.05, 0) is 38.0 Å². The first-order valence-corrected chi connectivity index (χ1v) is 8.71. The Morgan fingerprint density at radius 2 is 2.14 bits per heavy atom. The van der Waals surface area contributed by atoms with E-state index in [2.05, 4.69) is 0 Å². The number of fused-ring (bicyclic) bond motifs is 1. The number of carbonyl (C=O) groups excluding carboxylic acids is 1. The molecule has 0 aliphatic carbocycles. The second-order valence-electron chi connectivity index (χ2n) is 5.72. The molecule has 2 saturated heterocycles. The van der Waals surface area contributed by atoms with E-state index in [1.807, 2.05) is 6.07 Å². The van der Waals surface area contributed by atoms with Crippen molar-refractivity contribution in [3.05, 3.63) is 29.8 Å². The summed E-state index contributed by atoms with van der Waals surface area (Å²) in [6.07, 6.45) is 1.75. The number of rotatable bonds is 2. The number of nitriles is 1. The van der Waals surface area contributed by atoms with Crippen LogP contribution >= 0.6 is 0 Å². The van der Waals surface area contributed by atoms with Gasteiger partial charge in [0.25, 0.3) is 0 Å². The zero-order valence-corrected chi connectivity index (χ0v) is 13.1. The van der Waals surface area contributed by atoms with Crippen molar-refractivity contribution in [1.82, 2.24) is 9.21 Å². The van der Waals surface area contributed by atoms with E-state index in [0.29, 0.717) is 18.7 Å². The fourth-order valence-corrected chi connectivity index (χ4v) is 4.88. The predicted molar refractivity (Wildman–Crippen MR) is 79.2 cm³/mol. The van der Waals surface area contributed by atoms with Gasteiger partial charge in [-0.2, -0.15) is 9.57 Å². The van der Waals surface area contributed by atoms with E-state index >= 15 is 0 Å². The highest BCUT2D eigenvalue weighted by Gasteiger charge is 2.45. The van der Waals surface area contributed by atoms with Crippen LogP contribution in [0.4, 0.5) is 0 Å². The number of hydrogen-bond acceptors (Lipinski definition) is 4. The van der Waals surface area contributed by atoms with E-state index in [1.165, 1.54) is 16.4 Å². The molecule has 2 aliphatic heterocycles. The summed E-state index contributed by atoms with van der Waals surface area (Å²) in [5.74, 6) is -0.131. The number of nitrogens with zero attached hydrogens (tertiary/aromatic N) is 3. The lowest BCUT2D eigenvalue weighted by Crippen LogP contribution is -2.59. The Kier molecular flexibility index (Phi) is 3.67. The second-order valence-corrected chi connectivity index (χ2v) is 7.61. The summed E-state index contributed by atoms with van der Waals surface area (Å²) in [5.41, 5.74) is 0.291. The topological polar surface area (TPSA) is 81.5 Å². The molecule has 116 valence electrons. The van der Waals surface area contributed by atoms with Crippen LogP contribution < -0.4 is 0 Å². The summed E-state index contributed by atoms with van der Waals surface area (Å²) < 4.78 is 27.0. The summed E-state index contributed by atoms with van der Waals surface area (Å²) in [4.78, 5) is 14.2. The molecule has 0 saturated carbocycles. The molecule has 0 bridgehead atoms. The number of carbonyl (C=O) groups is 1. The van der Waals surface area contributed by atoms with Crippen LogP contribution in [0.15, 0.2) is 29.2 Å². The smallest absolute Gasteiger partial charge is 0.243 e. The molecular weight excluding hydrogens is 302 g/mol. The Hall–Kier alpha value is -1.91. The minimum absolute atomic E-state index is 0.0300. The highest BCUT2D eigenvalue weighted by Crippen LogP contribution is 2.30. The van der Waals surface area contributed by atoms with E-state index in [-0.39, 0.29) is 16.8 Å². The monoisotopic (exact) mass is 319 g/mol. The summed E-state index contributed by atoms with van der Waals surface area (Å²) >= 11 is 0. The average molecular weight is 319 g/mol. The van der Waals surface area contributed by atoms with Gasteiger partial charge in [0.15, 0.2) is 0 Å². The Balaban J connectivity index is 1.98. The molecule has 7 heteroatoms. The third kappa shape index (κ3) is 2.28. The fourth-order valence-electron chi connectivity index (χ4n) is 3.21. The first-order valence-electron chi connectivity index (χ1n) is 7.27. The van der Waals surface area contributed by atoms with Gasteiger partial charge >= 0.3 is 0 Å². The lowest BCUT2D eigenvalue weighted by molar-refractivity contribution is -0.139. The highest BCUT2D eigenvalue weighted by molar-refractivity contribution is 7.89. The van der Waals surface area contributed by atoms with E-state index in [9.17, 15) is 13.2 Å². The SMILES string of the molecule is C[C@@H]1C(=O)N2CCC[C@@H]2CN1S(=O)(=O)c1cccc(C#N)c1.